The van der Waals surface area contributed by atoms with Crippen molar-refractivity contribution in [3.8, 4) is 22.6 Å². The molecule has 1 fully saturated rings. The largest absolute Gasteiger partial charge is 0.460 e. The summed E-state index contributed by atoms with van der Waals surface area (Å²) in [6.45, 7) is 1.81. The highest BCUT2D eigenvalue weighted by atomic mass is 35.5. The number of hydrogen-bond donors (Lipinski definition) is 2. The molecule has 0 unspecified atom stereocenters. The summed E-state index contributed by atoms with van der Waals surface area (Å²) >= 11 is 6.51. The van der Waals surface area contributed by atoms with E-state index in [1.165, 1.54) is 0 Å². The highest BCUT2D eigenvalue weighted by molar-refractivity contribution is 6.35. The normalized spacial score (nSPS) is 14.3. The van der Waals surface area contributed by atoms with Gasteiger partial charge in [-0.25, -0.2) is 14.8 Å². The molecule has 0 aliphatic carbocycles. The number of halogens is 1. The third-order valence-corrected chi connectivity index (χ3v) is 5.87. The highest BCUT2D eigenvalue weighted by Gasteiger charge is 2.25. The zero-order valence-electron chi connectivity index (χ0n) is 18.3. The van der Waals surface area contributed by atoms with Gasteiger partial charge in [-0.1, -0.05) is 17.7 Å². The van der Waals surface area contributed by atoms with Gasteiger partial charge in [0.05, 0.1) is 22.3 Å². The monoisotopic (exact) mass is 479 g/mol. The number of nitrogens with two attached hydrogens (primary N) is 1. The second kappa shape index (κ2) is 8.98. The van der Waals surface area contributed by atoms with Crippen molar-refractivity contribution in [2.75, 3.05) is 32.0 Å². The first-order chi connectivity index (χ1) is 16.4. The lowest BCUT2D eigenvalue weighted by Gasteiger charge is -2.35. The minimum atomic E-state index is -0.673. The highest BCUT2D eigenvalue weighted by Crippen LogP contribution is 2.34. The van der Waals surface area contributed by atoms with Crippen LogP contribution >= 0.6 is 11.6 Å². The van der Waals surface area contributed by atoms with E-state index in [1.807, 2.05) is 23.1 Å². The zero-order valence-corrected chi connectivity index (χ0v) is 19.1. The summed E-state index contributed by atoms with van der Waals surface area (Å²) in [4.78, 5) is 28.2. The van der Waals surface area contributed by atoms with Gasteiger partial charge < -0.3 is 15.6 Å². The van der Waals surface area contributed by atoms with Crippen LogP contribution in [0.25, 0.3) is 33.5 Å². The minimum Gasteiger partial charge on any atom is -0.460 e. The molecule has 34 heavy (non-hydrogen) atoms. The Morgan fingerprint density at radius 2 is 2.09 bits per heavy atom. The molecule has 0 atom stereocenters. The molecule has 4 aromatic rings. The lowest BCUT2D eigenvalue weighted by atomic mass is 10.0. The van der Waals surface area contributed by atoms with Crippen molar-refractivity contribution in [1.29, 1.82) is 0 Å². The van der Waals surface area contributed by atoms with Crippen molar-refractivity contribution in [3.63, 3.8) is 0 Å². The molecule has 0 radical (unpaired) electrons. The predicted octanol–water partition coefficient (Wildman–Crippen LogP) is 2.16. The number of rotatable bonds is 6. The maximum absolute atomic E-state index is 12.8. The van der Waals surface area contributed by atoms with Gasteiger partial charge in [0.15, 0.2) is 11.5 Å². The van der Waals surface area contributed by atoms with E-state index in [2.05, 4.69) is 20.1 Å². The van der Waals surface area contributed by atoms with Crippen LogP contribution in [-0.4, -0.2) is 73.1 Å². The molecule has 3 aromatic heterocycles. The summed E-state index contributed by atoms with van der Waals surface area (Å²) in [5.74, 6) is -0.726. The number of esters is 1. The van der Waals surface area contributed by atoms with Crippen molar-refractivity contribution < 1.29 is 14.6 Å². The van der Waals surface area contributed by atoms with Gasteiger partial charge in [0, 0.05) is 50.0 Å². The molecule has 0 amide bonds. The molecule has 0 saturated carbocycles. The summed E-state index contributed by atoms with van der Waals surface area (Å²) in [6.07, 6.45) is 3.14. The van der Waals surface area contributed by atoms with Gasteiger partial charge in [0.1, 0.15) is 18.0 Å². The van der Waals surface area contributed by atoms with Gasteiger partial charge in [0.2, 0.25) is 0 Å². The van der Waals surface area contributed by atoms with Crippen molar-refractivity contribution in [1.82, 2.24) is 29.6 Å². The van der Waals surface area contributed by atoms with Crippen LogP contribution in [0, 0.1) is 0 Å². The van der Waals surface area contributed by atoms with Crippen molar-refractivity contribution in [2.45, 2.75) is 6.10 Å². The van der Waals surface area contributed by atoms with Crippen LogP contribution in [0.2, 0.25) is 5.02 Å². The number of hydrogen-bond acceptors (Lipinski definition) is 9. The van der Waals surface area contributed by atoms with Crippen LogP contribution in [0.5, 0.6) is 0 Å². The summed E-state index contributed by atoms with van der Waals surface area (Å²) in [5, 5.41) is 15.1. The molecule has 174 valence electrons. The van der Waals surface area contributed by atoms with E-state index in [9.17, 15) is 9.90 Å². The zero-order chi connectivity index (χ0) is 23.8. The Morgan fingerprint density at radius 3 is 2.82 bits per heavy atom. The summed E-state index contributed by atoms with van der Waals surface area (Å²) in [6, 6.07) is 9.11. The number of carbonyl (C=O) groups excluding carboxylic acids is 1. The Kier molecular flexibility index (Phi) is 5.86. The number of aliphatic hydroxyl groups excluding tert-OH is 1. The maximum Gasteiger partial charge on any atom is 0.360 e. The Bertz CT molecular complexity index is 1380. The van der Waals surface area contributed by atoms with E-state index in [0.29, 0.717) is 52.8 Å². The van der Waals surface area contributed by atoms with Gasteiger partial charge in [-0.15, -0.1) is 0 Å². The molecular formula is C23H22ClN7O3. The van der Waals surface area contributed by atoms with E-state index in [4.69, 9.17) is 22.1 Å². The number of nitrogen functional groups attached to an aromatic ring is 1. The van der Waals surface area contributed by atoms with Crippen LogP contribution in [0.1, 0.15) is 10.5 Å². The van der Waals surface area contributed by atoms with Crippen LogP contribution in [0.4, 0.5) is 5.82 Å². The van der Waals surface area contributed by atoms with E-state index >= 15 is 0 Å². The Hall–Kier alpha value is -3.60. The second-order valence-electron chi connectivity index (χ2n) is 8.11. The molecule has 5 rings (SSSR count). The number of fused-ring (bicyclic) bond motifs is 1. The number of pyridine rings is 1. The van der Waals surface area contributed by atoms with Crippen LogP contribution in [0.15, 0.2) is 42.7 Å². The molecule has 11 heteroatoms. The van der Waals surface area contributed by atoms with Gasteiger partial charge >= 0.3 is 5.97 Å². The number of aromatic nitrogens is 5. The number of β-amino-alcohol motifs (C(OH)–C–C–N with tert-alkyl or cyclic N) is 1. The fourth-order valence-corrected chi connectivity index (χ4v) is 4.14. The Balaban J connectivity index is 1.54. The Labute approximate surface area is 200 Å². The number of nitrogens with zero attached hydrogens (tertiary/aromatic N) is 6. The van der Waals surface area contributed by atoms with Crippen molar-refractivity contribution in [2.24, 2.45) is 7.05 Å². The standard InChI is InChI=1S/C23H22ClN7O3/c1-30-6-4-17(29-30)20-19(14-9-13-3-2-5-26-18(13)16(24)10-14)27-21(22(25)28-20)23(33)34-8-7-31-11-15(32)12-31/h2-6,9-10,15,32H,7-8,11-12H2,1H3,(H2,25,28). The third kappa shape index (κ3) is 4.30. The molecule has 10 nitrogen and oxygen atoms in total. The minimum absolute atomic E-state index is 0.0534. The van der Waals surface area contributed by atoms with Crippen LogP contribution in [-0.2, 0) is 11.8 Å². The molecule has 1 saturated heterocycles. The SMILES string of the molecule is Cn1ccc(-c2nc(N)c(C(=O)OCCN3CC(O)C3)nc2-c2cc(Cl)c3ncccc3c2)n1. The first-order valence-electron chi connectivity index (χ1n) is 10.7. The third-order valence-electron chi connectivity index (χ3n) is 5.58. The molecule has 1 aromatic carbocycles. The quantitative estimate of drug-likeness (QED) is 0.399. The number of ether oxygens (including phenoxy) is 1. The first kappa shape index (κ1) is 22.2. The average molecular weight is 480 g/mol. The van der Waals surface area contributed by atoms with E-state index in [0.717, 1.165) is 5.39 Å². The molecule has 0 bridgehead atoms. The molecule has 1 aliphatic heterocycles. The lowest BCUT2D eigenvalue weighted by Crippen LogP contribution is -2.51. The van der Waals surface area contributed by atoms with Crippen LogP contribution < -0.4 is 5.73 Å². The number of benzene rings is 1. The lowest BCUT2D eigenvalue weighted by molar-refractivity contribution is -0.0111. The van der Waals surface area contributed by atoms with Crippen molar-refractivity contribution in [3.05, 3.63) is 53.4 Å². The molecular weight excluding hydrogens is 458 g/mol. The van der Waals surface area contributed by atoms with E-state index in [1.54, 1.807) is 36.3 Å². The molecule has 0 spiro atoms. The van der Waals surface area contributed by atoms with Gasteiger partial charge in [0.25, 0.3) is 0 Å². The average Bonchev–Trinajstić information content (AvgIpc) is 3.23. The van der Waals surface area contributed by atoms with Crippen molar-refractivity contribution >= 4 is 34.3 Å². The van der Waals surface area contributed by atoms with Gasteiger partial charge in [-0.05, 0) is 24.3 Å². The van der Waals surface area contributed by atoms with Gasteiger partial charge in [-0.2, -0.15) is 5.10 Å². The fraction of sp³-hybridized carbons (Fsp3) is 0.261. The number of carbonyl (C=O) groups is 1. The molecule has 1 aliphatic rings. The summed E-state index contributed by atoms with van der Waals surface area (Å²) in [7, 11) is 1.79. The smallest absolute Gasteiger partial charge is 0.360 e. The predicted molar refractivity (Wildman–Crippen MR) is 127 cm³/mol. The topological polar surface area (TPSA) is 132 Å². The van der Waals surface area contributed by atoms with E-state index in [-0.39, 0.29) is 24.2 Å². The number of aryl methyl sites for hydroxylation is 1. The summed E-state index contributed by atoms with van der Waals surface area (Å²) in [5.41, 5.74) is 8.72. The number of anilines is 1. The number of likely N-dealkylation sites (tertiary alicyclic amines) is 1. The molecule has 4 heterocycles. The fourth-order valence-electron chi connectivity index (χ4n) is 3.87. The summed E-state index contributed by atoms with van der Waals surface area (Å²) < 4.78 is 7.03. The number of aliphatic hydroxyl groups is 1. The molecule has 3 N–H and O–H groups in total. The second-order valence-corrected chi connectivity index (χ2v) is 8.52. The maximum atomic E-state index is 12.8. The first-order valence-corrected chi connectivity index (χ1v) is 11.1. The van der Waals surface area contributed by atoms with Gasteiger partial charge in [-0.3, -0.25) is 14.6 Å². The van der Waals surface area contributed by atoms with E-state index < -0.39 is 5.97 Å². The van der Waals surface area contributed by atoms with Crippen LogP contribution in [0.3, 0.4) is 0 Å². The Morgan fingerprint density at radius 1 is 1.26 bits per heavy atom.